The maximum Gasteiger partial charge on any atom is 0.251 e. The third-order valence-corrected chi connectivity index (χ3v) is 9.18. The van der Waals surface area contributed by atoms with Crippen molar-refractivity contribution < 1.29 is 9.59 Å². The number of amidine groups is 1. The van der Waals surface area contributed by atoms with Crippen molar-refractivity contribution in [1.82, 2.24) is 15.1 Å². The van der Waals surface area contributed by atoms with Crippen molar-refractivity contribution in [2.24, 2.45) is 4.99 Å². The van der Waals surface area contributed by atoms with Crippen molar-refractivity contribution in [3.8, 4) is 0 Å². The van der Waals surface area contributed by atoms with Crippen LogP contribution >= 0.6 is 34.4 Å². The number of carbonyl (C=O) groups is 2. The summed E-state index contributed by atoms with van der Waals surface area (Å²) < 4.78 is 1.05. The van der Waals surface area contributed by atoms with Gasteiger partial charge in [-0.3, -0.25) is 9.59 Å². The Bertz CT molecular complexity index is 1580. The highest BCUT2D eigenvalue weighted by Crippen LogP contribution is 2.40. The van der Waals surface area contributed by atoms with E-state index in [0.717, 1.165) is 31.1 Å². The van der Waals surface area contributed by atoms with Gasteiger partial charge in [-0.05, 0) is 70.6 Å². The molecule has 0 spiro atoms. The molecule has 6 rings (SSSR count). The largest absolute Gasteiger partial charge is 0.353 e. The van der Waals surface area contributed by atoms with E-state index in [1.54, 1.807) is 23.9 Å². The smallest absolute Gasteiger partial charge is 0.251 e. The van der Waals surface area contributed by atoms with Gasteiger partial charge in [0, 0.05) is 57.1 Å². The second-order valence-electron chi connectivity index (χ2n) is 10.0. The summed E-state index contributed by atoms with van der Waals surface area (Å²) in [6, 6.07) is 33.2. The zero-order chi connectivity index (χ0) is 28.2. The molecule has 2 heterocycles. The van der Waals surface area contributed by atoms with Crippen molar-refractivity contribution in [2.45, 2.75) is 22.3 Å². The zero-order valence-electron chi connectivity index (χ0n) is 22.4. The number of para-hydroxylation sites is 1. The molecule has 1 N–H and O–H groups in total. The summed E-state index contributed by atoms with van der Waals surface area (Å²) >= 11 is 3.95. The SMILES string of the molecule is O=C(NC(Cc1ccccc1)C(=O)N1CCN(C2=Nc3ccccc3Sc3ccccc32)CC1)c1ccc(I)cc1. The number of fused-ring (bicyclic) bond motifs is 2. The molecule has 0 radical (unpaired) electrons. The number of carbonyl (C=O) groups excluding carboxylic acids is 2. The van der Waals surface area contributed by atoms with E-state index in [4.69, 9.17) is 4.99 Å². The number of piperazine rings is 1. The molecule has 4 aromatic carbocycles. The Hall–Kier alpha value is -3.63. The molecule has 0 aliphatic carbocycles. The fraction of sp³-hybridized carbons (Fsp3) is 0.182. The van der Waals surface area contributed by atoms with E-state index in [1.807, 2.05) is 59.5 Å². The molecule has 8 heteroatoms. The zero-order valence-corrected chi connectivity index (χ0v) is 25.3. The van der Waals surface area contributed by atoms with E-state index in [9.17, 15) is 9.59 Å². The molecule has 1 unspecified atom stereocenters. The molecular formula is C33H29IN4O2S. The van der Waals surface area contributed by atoms with Crippen LogP contribution in [0.4, 0.5) is 5.69 Å². The molecule has 6 nitrogen and oxygen atoms in total. The van der Waals surface area contributed by atoms with Crippen LogP contribution in [0.15, 0.2) is 118 Å². The third-order valence-electron chi connectivity index (χ3n) is 7.32. The van der Waals surface area contributed by atoms with Crippen LogP contribution in [-0.2, 0) is 11.2 Å². The lowest BCUT2D eigenvalue weighted by Gasteiger charge is -2.38. The van der Waals surface area contributed by atoms with Crippen LogP contribution < -0.4 is 5.32 Å². The molecule has 4 aromatic rings. The summed E-state index contributed by atoms with van der Waals surface area (Å²) in [7, 11) is 0. The predicted octanol–water partition coefficient (Wildman–Crippen LogP) is 6.02. The van der Waals surface area contributed by atoms with Gasteiger partial charge in [0.2, 0.25) is 5.91 Å². The lowest BCUT2D eigenvalue weighted by Crippen LogP contribution is -2.56. The first-order chi connectivity index (χ1) is 20.0. The fourth-order valence-corrected chi connectivity index (χ4v) is 6.54. The number of amides is 2. The summed E-state index contributed by atoms with van der Waals surface area (Å²) in [6.45, 7) is 2.43. The van der Waals surface area contributed by atoms with Crippen molar-refractivity contribution >= 4 is 57.7 Å². The van der Waals surface area contributed by atoms with Gasteiger partial charge in [-0.15, -0.1) is 0 Å². The maximum absolute atomic E-state index is 13.9. The van der Waals surface area contributed by atoms with Gasteiger partial charge in [-0.25, -0.2) is 4.99 Å². The van der Waals surface area contributed by atoms with Crippen LogP contribution in [0.25, 0.3) is 0 Å². The Labute approximate surface area is 258 Å². The van der Waals surface area contributed by atoms with Crippen molar-refractivity contribution in [3.63, 3.8) is 0 Å². The van der Waals surface area contributed by atoms with Crippen molar-refractivity contribution in [3.05, 3.63) is 123 Å². The van der Waals surface area contributed by atoms with Gasteiger partial charge in [0.25, 0.3) is 5.91 Å². The van der Waals surface area contributed by atoms with Gasteiger partial charge in [-0.1, -0.05) is 72.4 Å². The fourth-order valence-electron chi connectivity index (χ4n) is 5.16. The summed E-state index contributed by atoms with van der Waals surface area (Å²) in [5.41, 5.74) is 3.63. The number of rotatable bonds is 5. The number of hydrogen-bond acceptors (Lipinski definition) is 5. The second-order valence-corrected chi connectivity index (χ2v) is 12.4. The molecule has 1 fully saturated rings. The number of benzene rings is 4. The van der Waals surface area contributed by atoms with Gasteiger partial charge in [0.1, 0.15) is 11.9 Å². The van der Waals surface area contributed by atoms with E-state index in [1.165, 1.54) is 4.90 Å². The average molecular weight is 673 g/mol. The first kappa shape index (κ1) is 27.5. The number of nitrogens with one attached hydrogen (secondary N) is 1. The standard InChI is InChI=1S/C33H29IN4O2S/c34-25-16-14-24(15-17-25)32(39)36-28(22-23-8-2-1-3-9-23)33(40)38-20-18-37(19-21-38)31-26-10-4-6-12-29(26)41-30-13-7-5-11-27(30)35-31/h1-17,28H,18-22H2,(H,36,39). The molecule has 2 aliphatic rings. The molecule has 1 atom stereocenters. The summed E-state index contributed by atoms with van der Waals surface area (Å²) in [6.07, 6.45) is 0.435. The maximum atomic E-state index is 13.9. The first-order valence-electron chi connectivity index (χ1n) is 13.6. The highest BCUT2D eigenvalue weighted by Gasteiger charge is 2.31. The number of aliphatic imine (C=N–C) groups is 1. The van der Waals surface area contributed by atoms with Crippen LogP contribution in [0.3, 0.4) is 0 Å². The summed E-state index contributed by atoms with van der Waals surface area (Å²) in [5, 5.41) is 3.03. The van der Waals surface area contributed by atoms with Crippen molar-refractivity contribution in [1.29, 1.82) is 0 Å². The average Bonchev–Trinajstić information content (AvgIpc) is 3.18. The molecule has 1 saturated heterocycles. The minimum absolute atomic E-state index is 0.0588. The predicted molar refractivity (Wildman–Crippen MR) is 172 cm³/mol. The van der Waals surface area contributed by atoms with Gasteiger partial charge in [-0.2, -0.15) is 0 Å². The number of hydrogen-bond donors (Lipinski definition) is 1. The minimum atomic E-state index is -0.657. The first-order valence-corrected chi connectivity index (χ1v) is 15.5. The van der Waals surface area contributed by atoms with Crippen LogP contribution in [0.2, 0.25) is 0 Å². The van der Waals surface area contributed by atoms with Gasteiger partial charge in [0.05, 0.1) is 5.69 Å². The molecule has 41 heavy (non-hydrogen) atoms. The van der Waals surface area contributed by atoms with Gasteiger partial charge >= 0.3 is 0 Å². The Morgan fingerprint density at radius 3 is 2.22 bits per heavy atom. The number of nitrogens with zero attached hydrogens (tertiary/aromatic N) is 3. The monoisotopic (exact) mass is 672 g/mol. The summed E-state index contributed by atoms with van der Waals surface area (Å²) in [5.74, 6) is 0.643. The van der Waals surface area contributed by atoms with Crippen LogP contribution in [0.5, 0.6) is 0 Å². The topological polar surface area (TPSA) is 65.0 Å². The van der Waals surface area contributed by atoms with E-state index in [0.29, 0.717) is 38.2 Å². The molecular weight excluding hydrogens is 643 g/mol. The minimum Gasteiger partial charge on any atom is -0.353 e. The summed E-state index contributed by atoms with van der Waals surface area (Å²) in [4.78, 5) is 38.6. The Morgan fingerprint density at radius 2 is 1.46 bits per heavy atom. The lowest BCUT2D eigenvalue weighted by atomic mass is 10.0. The quantitative estimate of drug-likeness (QED) is 0.264. The van der Waals surface area contributed by atoms with E-state index in [-0.39, 0.29) is 11.8 Å². The Morgan fingerprint density at radius 1 is 0.805 bits per heavy atom. The van der Waals surface area contributed by atoms with Gasteiger partial charge in [0.15, 0.2) is 0 Å². The molecule has 0 bridgehead atoms. The lowest BCUT2D eigenvalue weighted by molar-refractivity contribution is -0.134. The molecule has 0 saturated carbocycles. The van der Waals surface area contributed by atoms with E-state index in [2.05, 4.69) is 69.2 Å². The van der Waals surface area contributed by atoms with Crippen molar-refractivity contribution in [2.75, 3.05) is 26.2 Å². The normalized spacial score (nSPS) is 15.2. The van der Waals surface area contributed by atoms with Gasteiger partial charge < -0.3 is 15.1 Å². The molecule has 206 valence electrons. The van der Waals surface area contributed by atoms with Crippen LogP contribution in [-0.4, -0.2) is 59.7 Å². The highest BCUT2D eigenvalue weighted by atomic mass is 127. The van der Waals surface area contributed by atoms with E-state index >= 15 is 0 Å². The van der Waals surface area contributed by atoms with Crippen LogP contribution in [0, 0.1) is 3.57 Å². The Kier molecular flexibility index (Phi) is 8.38. The molecule has 2 aliphatic heterocycles. The van der Waals surface area contributed by atoms with E-state index < -0.39 is 6.04 Å². The second kappa shape index (κ2) is 12.5. The molecule has 2 amide bonds. The number of halogens is 1. The van der Waals surface area contributed by atoms with Crippen LogP contribution in [0.1, 0.15) is 21.5 Å². The third kappa shape index (κ3) is 6.33. The molecule has 0 aromatic heterocycles. The Balaban J connectivity index is 1.20. The highest BCUT2D eigenvalue weighted by molar-refractivity contribution is 14.1.